The van der Waals surface area contributed by atoms with Gasteiger partial charge in [0.1, 0.15) is 12.1 Å². The molecule has 0 N–H and O–H groups in total. The van der Waals surface area contributed by atoms with E-state index in [1.165, 1.54) is 9.87 Å². The highest BCUT2D eigenvalue weighted by Gasteiger charge is 2.29. The van der Waals surface area contributed by atoms with Gasteiger partial charge in [-0.05, 0) is 77.4 Å². The van der Waals surface area contributed by atoms with Crippen LogP contribution in [0.2, 0.25) is 0 Å². The molecule has 0 aromatic heterocycles. The Bertz CT molecular complexity index is 751. The first-order chi connectivity index (χ1) is 12.0. The number of hydrogen-bond donors (Lipinski definition) is 0. The number of carbonyl (C=O) groups excluding carboxylic acids is 1. The summed E-state index contributed by atoms with van der Waals surface area (Å²) in [5, 5.41) is 0. The SMILES string of the molecule is CN(C)CCN(CC(=O)OC(C)(C)C)S(=O)(=O)c1ccc2c(c1)CCC2. The van der Waals surface area contributed by atoms with Crippen molar-refractivity contribution in [3.05, 3.63) is 29.3 Å². The molecule has 0 radical (unpaired) electrons. The number of esters is 1. The van der Waals surface area contributed by atoms with Gasteiger partial charge in [-0.3, -0.25) is 4.79 Å². The lowest BCUT2D eigenvalue weighted by Crippen LogP contribution is -2.42. The molecule has 0 saturated carbocycles. The average Bonchev–Trinajstić information content (AvgIpc) is 2.96. The van der Waals surface area contributed by atoms with Gasteiger partial charge in [-0.15, -0.1) is 0 Å². The van der Waals surface area contributed by atoms with Gasteiger partial charge in [0.25, 0.3) is 0 Å². The number of sulfonamides is 1. The van der Waals surface area contributed by atoms with Gasteiger partial charge in [-0.2, -0.15) is 4.31 Å². The molecule has 146 valence electrons. The van der Waals surface area contributed by atoms with Crippen LogP contribution in [0.4, 0.5) is 0 Å². The largest absolute Gasteiger partial charge is 0.459 e. The van der Waals surface area contributed by atoms with Crippen molar-refractivity contribution in [3.63, 3.8) is 0 Å². The molecule has 1 aromatic carbocycles. The second-order valence-corrected chi connectivity index (χ2v) is 9.95. The number of nitrogens with zero attached hydrogens (tertiary/aromatic N) is 2. The summed E-state index contributed by atoms with van der Waals surface area (Å²) in [5.41, 5.74) is 1.66. The van der Waals surface area contributed by atoms with E-state index in [2.05, 4.69) is 0 Å². The molecule has 0 fully saturated rings. The highest BCUT2D eigenvalue weighted by molar-refractivity contribution is 7.89. The lowest BCUT2D eigenvalue weighted by atomic mass is 10.1. The number of aryl methyl sites for hydroxylation is 2. The number of fused-ring (bicyclic) bond motifs is 1. The van der Waals surface area contributed by atoms with Crippen molar-refractivity contribution < 1.29 is 17.9 Å². The number of ether oxygens (including phenoxy) is 1. The van der Waals surface area contributed by atoms with Gasteiger partial charge >= 0.3 is 5.97 Å². The molecule has 2 rings (SSSR count). The molecule has 0 saturated heterocycles. The van der Waals surface area contributed by atoms with E-state index in [1.807, 2.05) is 25.1 Å². The van der Waals surface area contributed by atoms with Crippen LogP contribution in [0.5, 0.6) is 0 Å². The second kappa shape index (κ2) is 8.06. The van der Waals surface area contributed by atoms with Crippen molar-refractivity contribution in [2.24, 2.45) is 0 Å². The summed E-state index contributed by atoms with van der Waals surface area (Å²) < 4.78 is 32.8. The minimum atomic E-state index is -3.76. The Morgan fingerprint density at radius 2 is 1.77 bits per heavy atom. The maximum absolute atomic E-state index is 13.1. The topological polar surface area (TPSA) is 66.9 Å². The summed E-state index contributed by atoms with van der Waals surface area (Å²) in [6.45, 7) is 5.77. The Labute approximate surface area is 157 Å². The van der Waals surface area contributed by atoms with Gasteiger partial charge in [0.2, 0.25) is 10.0 Å². The molecule has 6 nitrogen and oxygen atoms in total. The first-order valence-corrected chi connectivity index (χ1v) is 10.4. The number of rotatable bonds is 7. The molecule has 0 bridgehead atoms. The first-order valence-electron chi connectivity index (χ1n) is 8.97. The predicted molar refractivity (Wildman–Crippen MR) is 102 cm³/mol. The molecule has 0 heterocycles. The average molecular weight is 383 g/mol. The Kier molecular flexibility index (Phi) is 6.47. The van der Waals surface area contributed by atoms with Crippen LogP contribution in [0, 0.1) is 0 Å². The zero-order valence-corrected chi connectivity index (χ0v) is 17.2. The minimum absolute atomic E-state index is 0.228. The molecule has 1 aromatic rings. The van der Waals surface area contributed by atoms with Crippen molar-refractivity contribution in [1.29, 1.82) is 0 Å². The lowest BCUT2D eigenvalue weighted by Gasteiger charge is -2.26. The summed E-state index contributed by atoms with van der Waals surface area (Å²) in [7, 11) is -0.0257. The molecule has 0 amide bonds. The first kappa shape index (κ1) is 20.9. The fourth-order valence-electron chi connectivity index (χ4n) is 2.97. The van der Waals surface area contributed by atoms with Crippen molar-refractivity contribution >= 4 is 16.0 Å². The van der Waals surface area contributed by atoms with E-state index < -0.39 is 21.6 Å². The zero-order chi connectivity index (χ0) is 19.5. The van der Waals surface area contributed by atoms with E-state index in [0.717, 1.165) is 24.8 Å². The zero-order valence-electron chi connectivity index (χ0n) is 16.4. The molecular weight excluding hydrogens is 352 g/mol. The van der Waals surface area contributed by atoms with Gasteiger partial charge in [0.15, 0.2) is 0 Å². The van der Waals surface area contributed by atoms with Crippen LogP contribution in [-0.4, -0.2) is 62.9 Å². The Hall–Kier alpha value is -1.44. The molecule has 1 aliphatic rings. The number of benzene rings is 1. The van der Waals surface area contributed by atoms with Gasteiger partial charge < -0.3 is 9.64 Å². The van der Waals surface area contributed by atoms with Crippen LogP contribution in [0.25, 0.3) is 0 Å². The fourth-order valence-corrected chi connectivity index (χ4v) is 4.40. The van der Waals surface area contributed by atoms with E-state index in [0.29, 0.717) is 6.54 Å². The van der Waals surface area contributed by atoms with Gasteiger partial charge in [0.05, 0.1) is 4.90 Å². The summed E-state index contributed by atoms with van der Waals surface area (Å²) in [6, 6.07) is 5.31. The maximum atomic E-state index is 13.1. The number of likely N-dealkylation sites (N-methyl/N-ethyl adjacent to an activating group) is 1. The Morgan fingerprint density at radius 3 is 2.38 bits per heavy atom. The van der Waals surface area contributed by atoms with Crippen LogP contribution < -0.4 is 0 Å². The summed E-state index contributed by atoms with van der Waals surface area (Å²) in [5.74, 6) is -0.541. The van der Waals surface area contributed by atoms with E-state index in [4.69, 9.17) is 4.74 Å². The summed E-state index contributed by atoms with van der Waals surface area (Å²) >= 11 is 0. The van der Waals surface area contributed by atoms with E-state index >= 15 is 0 Å². The van der Waals surface area contributed by atoms with Crippen molar-refractivity contribution in [3.8, 4) is 0 Å². The van der Waals surface area contributed by atoms with E-state index in [9.17, 15) is 13.2 Å². The normalized spacial score (nSPS) is 14.7. The second-order valence-electron chi connectivity index (χ2n) is 8.01. The molecule has 7 heteroatoms. The van der Waals surface area contributed by atoms with Crippen molar-refractivity contribution in [1.82, 2.24) is 9.21 Å². The monoisotopic (exact) mass is 382 g/mol. The van der Waals surface area contributed by atoms with E-state index in [1.54, 1.807) is 32.9 Å². The Balaban J connectivity index is 2.25. The van der Waals surface area contributed by atoms with E-state index in [-0.39, 0.29) is 18.0 Å². The third-order valence-electron chi connectivity index (χ3n) is 4.23. The molecule has 0 unspecified atom stereocenters. The third kappa shape index (κ3) is 5.53. The maximum Gasteiger partial charge on any atom is 0.321 e. The van der Waals surface area contributed by atoms with Gasteiger partial charge in [-0.25, -0.2) is 8.42 Å². The Morgan fingerprint density at radius 1 is 1.12 bits per heavy atom. The molecular formula is C19H30N2O4S. The third-order valence-corrected chi connectivity index (χ3v) is 6.07. The summed E-state index contributed by atoms with van der Waals surface area (Å²) in [6.07, 6.45) is 2.96. The van der Waals surface area contributed by atoms with Gasteiger partial charge in [-0.1, -0.05) is 6.07 Å². The molecule has 1 aliphatic carbocycles. The molecule has 0 spiro atoms. The fraction of sp³-hybridized carbons (Fsp3) is 0.632. The molecule has 26 heavy (non-hydrogen) atoms. The predicted octanol–water partition coefficient (Wildman–Crippen LogP) is 2.07. The van der Waals surface area contributed by atoms with Crippen LogP contribution in [0.15, 0.2) is 23.1 Å². The highest BCUT2D eigenvalue weighted by Crippen LogP contribution is 2.26. The van der Waals surface area contributed by atoms with Crippen molar-refractivity contribution in [2.75, 3.05) is 33.7 Å². The molecule has 0 atom stereocenters. The minimum Gasteiger partial charge on any atom is -0.459 e. The van der Waals surface area contributed by atoms with Crippen molar-refractivity contribution in [2.45, 2.75) is 50.5 Å². The highest BCUT2D eigenvalue weighted by atomic mass is 32.2. The number of hydrogen-bond acceptors (Lipinski definition) is 5. The van der Waals surface area contributed by atoms with Crippen LogP contribution in [0.3, 0.4) is 0 Å². The standard InChI is InChI=1S/C19H30N2O4S/c1-19(2,3)25-18(22)14-21(12-11-20(4)5)26(23,24)17-10-9-15-7-6-8-16(15)13-17/h9-10,13H,6-8,11-12,14H2,1-5H3. The van der Waals surface area contributed by atoms with Gasteiger partial charge in [0, 0.05) is 13.1 Å². The smallest absolute Gasteiger partial charge is 0.321 e. The summed E-state index contributed by atoms with van der Waals surface area (Å²) in [4.78, 5) is 14.4. The van der Waals surface area contributed by atoms with Crippen LogP contribution >= 0.6 is 0 Å². The van der Waals surface area contributed by atoms with Crippen LogP contribution in [0.1, 0.15) is 38.3 Å². The number of carbonyl (C=O) groups is 1. The molecule has 0 aliphatic heterocycles. The lowest BCUT2D eigenvalue weighted by molar-refractivity contribution is -0.155. The quantitative estimate of drug-likeness (QED) is 0.676. The van der Waals surface area contributed by atoms with Crippen LogP contribution in [-0.2, 0) is 32.4 Å².